The Labute approximate surface area is 214 Å². The Hall–Kier alpha value is -4.11. The van der Waals surface area contributed by atoms with E-state index >= 15 is 0 Å². The van der Waals surface area contributed by atoms with E-state index in [4.69, 9.17) is 33.8 Å². The molecule has 0 amide bonds. The monoisotopic (exact) mass is 503 g/mol. The molecule has 1 aliphatic carbocycles. The van der Waals surface area contributed by atoms with Gasteiger partial charge in [-0.2, -0.15) is 5.10 Å². The van der Waals surface area contributed by atoms with Gasteiger partial charge in [-0.05, 0) is 47.7 Å². The van der Waals surface area contributed by atoms with Gasteiger partial charge in [0.15, 0.2) is 22.9 Å². The van der Waals surface area contributed by atoms with Gasteiger partial charge in [0.2, 0.25) is 5.75 Å². The maximum Gasteiger partial charge on any atom is 0.203 e. The molecule has 37 heavy (non-hydrogen) atoms. The maximum absolute atomic E-state index is 13.3. The molecule has 4 aromatic rings. The first kappa shape index (κ1) is 24.6. The fourth-order valence-electron chi connectivity index (χ4n) is 4.94. The van der Waals surface area contributed by atoms with Crippen molar-refractivity contribution in [3.8, 4) is 34.1 Å². The van der Waals surface area contributed by atoms with Gasteiger partial charge < -0.3 is 23.7 Å². The Kier molecular flexibility index (Phi) is 6.71. The van der Waals surface area contributed by atoms with Crippen LogP contribution in [0.5, 0.6) is 23.0 Å². The zero-order chi connectivity index (χ0) is 26.1. The lowest BCUT2D eigenvalue weighted by Gasteiger charge is -2.24. The molecule has 0 N–H and O–H groups in total. The summed E-state index contributed by atoms with van der Waals surface area (Å²) in [6.45, 7) is 0.317. The molecule has 5 rings (SSSR count). The summed E-state index contributed by atoms with van der Waals surface area (Å²) in [6, 6.07) is 11.6. The number of hydrogen-bond acceptors (Lipinski definition) is 8. The number of aromatic nitrogens is 3. The van der Waals surface area contributed by atoms with E-state index < -0.39 is 0 Å². The second-order valence-electron chi connectivity index (χ2n) is 8.84. The van der Waals surface area contributed by atoms with Crippen molar-refractivity contribution in [1.82, 2.24) is 14.6 Å². The first-order chi connectivity index (χ1) is 18.0. The fourth-order valence-corrected chi connectivity index (χ4v) is 4.94. The predicted octanol–water partition coefficient (Wildman–Crippen LogP) is 4.49. The van der Waals surface area contributed by atoms with E-state index in [0.717, 1.165) is 33.8 Å². The molecule has 2 aromatic carbocycles. The van der Waals surface area contributed by atoms with E-state index in [2.05, 4.69) is 0 Å². The van der Waals surface area contributed by atoms with Crippen LogP contribution in [0.25, 0.3) is 16.8 Å². The van der Waals surface area contributed by atoms with E-state index in [-0.39, 0.29) is 11.7 Å². The number of Topliss-reactive ketones (excluding diaryl/α,β-unsaturated/α-hetero) is 1. The Bertz CT molecular complexity index is 1440. The molecular formula is C28H29N3O6. The number of fused-ring (bicyclic) bond motifs is 2. The highest BCUT2D eigenvalue weighted by molar-refractivity contribution is 5.99. The smallest absolute Gasteiger partial charge is 0.203 e. The molecule has 192 valence electrons. The molecule has 0 saturated carbocycles. The SMILES string of the molecule is COCc1nn2cc3c(nc2c1-c1ccc(OC)cc1)CC(c1cc(OC)c(OC)c(OC)c1)CC3=O. The Morgan fingerprint density at radius 3 is 2.22 bits per heavy atom. The van der Waals surface area contributed by atoms with E-state index in [1.165, 1.54) is 0 Å². The number of carbonyl (C=O) groups excluding carboxylic acids is 1. The Morgan fingerprint density at radius 1 is 0.919 bits per heavy atom. The molecule has 1 atom stereocenters. The molecular weight excluding hydrogens is 474 g/mol. The average molecular weight is 504 g/mol. The zero-order valence-corrected chi connectivity index (χ0v) is 21.5. The molecule has 9 nitrogen and oxygen atoms in total. The van der Waals surface area contributed by atoms with Crippen LogP contribution in [0, 0.1) is 0 Å². The topological polar surface area (TPSA) is 93.4 Å². The lowest BCUT2D eigenvalue weighted by Crippen LogP contribution is -2.21. The van der Waals surface area contributed by atoms with Crippen molar-refractivity contribution in [2.24, 2.45) is 0 Å². The van der Waals surface area contributed by atoms with Crippen LogP contribution in [0.1, 0.15) is 39.6 Å². The third-order valence-corrected chi connectivity index (χ3v) is 6.75. The molecule has 2 aromatic heterocycles. The Balaban J connectivity index is 1.61. The summed E-state index contributed by atoms with van der Waals surface area (Å²) >= 11 is 0. The van der Waals surface area contributed by atoms with Crippen LogP contribution < -0.4 is 18.9 Å². The zero-order valence-electron chi connectivity index (χ0n) is 21.5. The lowest BCUT2D eigenvalue weighted by molar-refractivity contribution is 0.0962. The molecule has 0 aliphatic heterocycles. The number of methoxy groups -OCH3 is 5. The molecule has 1 unspecified atom stereocenters. The summed E-state index contributed by atoms with van der Waals surface area (Å²) < 4.78 is 28.9. The number of hydrogen-bond donors (Lipinski definition) is 0. The van der Waals surface area contributed by atoms with Crippen LogP contribution in [-0.4, -0.2) is 55.9 Å². The minimum Gasteiger partial charge on any atom is -0.497 e. The lowest BCUT2D eigenvalue weighted by atomic mass is 9.82. The van der Waals surface area contributed by atoms with Crippen molar-refractivity contribution in [2.75, 3.05) is 35.5 Å². The molecule has 1 aliphatic rings. The van der Waals surface area contributed by atoms with Gasteiger partial charge in [-0.3, -0.25) is 4.79 Å². The molecule has 0 bridgehead atoms. The first-order valence-corrected chi connectivity index (χ1v) is 11.9. The molecule has 2 heterocycles. The molecule has 0 saturated heterocycles. The van der Waals surface area contributed by atoms with Gasteiger partial charge in [0.25, 0.3) is 0 Å². The van der Waals surface area contributed by atoms with Crippen LogP contribution >= 0.6 is 0 Å². The molecule has 0 radical (unpaired) electrons. The minimum absolute atomic E-state index is 0.0178. The second kappa shape index (κ2) is 10.1. The van der Waals surface area contributed by atoms with Crippen molar-refractivity contribution in [1.29, 1.82) is 0 Å². The van der Waals surface area contributed by atoms with Crippen LogP contribution in [0.4, 0.5) is 0 Å². The maximum atomic E-state index is 13.3. The highest BCUT2D eigenvalue weighted by Gasteiger charge is 2.31. The molecule has 0 fully saturated rings. The number of benzene rings is 2. The average Bonchev–Trinajstić information content (AvgIpc) is 3.28. The van der Waals surface area contributed by atoms with E-state index in [1.807, 2.05) is 36.4 Å². The van der Waals surface area contributed by atoms with Crippen LogP contribution in [0.3, 0.4) is 0 Å². The van der Waals surface area contributed by atoms with E-state index in [1.54, 1.807) is 46.3 Å². The quantitative estimate of drug-likeness (QED) is 0.347. The largest absolute Gasteiger partial charge is 0.497 e. The van der Waals surface area contributed by atoms with Gasteiger partial charge in [-0.25, -0.2) is 9.50 Å². The first-order valence-electron chi connectivity index (χ1n) is 11.9. The van der Waals surface area contributed by atoms with Crippen molar-refractivity contribution in [2.45, 2.75) is 25.4 Å². The van der Waals surface area contributed by atoms with Gasteiger partial charge in [0, 0.05) is 19.7 Å². The number of ketones is 1. The normalized spacial score (nSPS) is 14.9. The van der Waals surface area contributed by atoms with Crippen molar-refractivity contribution < 1.29 is 28.5 Å². The molecule has 0 spiro atoms. The van der Waals surface area contributed by atoms with Crippen LogP contribution in [-0.2, 0) is 17.8 Å². The van der Waals surface area contributed by atoms with Crippen LogP contribution in [0.15, 0.2) is 42.6 Å². The Morgan fingerprint density at radius 2 is 1.62 bits per heavy atom. The van der Waals surface area contributed by atoms with Crippen molar-refractivity contribution >= 4 is 11.4 Å². The van der Waals surface area contributed by atoms with Gasteiger partial charge in [0.1, 0.15) is 5.75 Å². The summed E-state index contributed by atoms with van der Waals surface area (Å²) in [5.41, 5.74) is 5.49. The highest BCUT2D eigenvalue weighted by Crippen LogP contribution is 2.43. The van der Waals surface area contributed by atoms with Gasteiger partial charge in [-0.1, -0.05) is 12.1 Å². The standard InChI is InChI=1S/C28H29N3O6/c1-33-15-22-26(16-6-8-19(34-2)9-7-16)28-29-21-10-17(11-23(32)20(21)14-31(28)30-22)18-12-24(35-3)27(37-5)25(13-18)36-4/h6-9,12-14,17H,10-11,15H2,1-5H3. The summed E-state index contributed by atoms with van der Waals surface area (Å²) in [4.78, 5) is 18.3. The minimum atomic E-state index is -0.0885. The fraction of sp³-hybridized carbons (Fsp3) is 0.321. The summed E-state index contributed by atoms with van der Waals surface area (Å²) in [6.07, 6.45) is 2.72. The third kappa shape index (κ3) is 4.35. The van der Waals surface area contributed by atoms with E-state index in [0.29, 0.717) is 47.9 Å². The number of ether oxygens (including phenoxy) is 5. The highest BCUT2D eigenvalue weighted by atomic mass is 16.5. The summed E-state index contributed by atoms with van der Waals surface area (Å²) in [5, 5.41) is 4.70. The number of carbonyl (C=O) groups is 1. The van der Waals surface area contributed by atoms with Gasteiger partial charge in [-0.15, -0.1) is 0 Å². The summed E-state index contributed by atoms with van der Waals surface area (Å²) in [5.74, 6) is 2.32. The second-order valence-corrected chi connectivity index (χ2v) is 8.84. The van der Waals surface area contributed by atoms with E-state index in [9.17, 15) is 4.79 Å². The molecule has 9 heteroatoms. The summed E-state index contributed by atoms with van der Waals surface area (Å²) in [7, 11) is 8.00. The predicted molar refractivity (Wildman–Crippen MR) is 137 cm³/mol. The third-order valence-electron chi connectivity index (χ3n) is 6.75. The van der Waals surface area contributed by atoms with Gasteiger partial charge in [0.05, 0.1) is 57.6 Å². The number of rotatable bonds is 8. The van der Waals surface area contributed by atoms with Crippen LogP contribution in [0.2, 0.25) is 0 Å². The van der Waals surface area contributed by atoms with Crippen molar-refractivity contribution in [3.63, 3.8) is 0 Å². The van der Waals surface area contributed by atoms with Gasteiger partial charge >= 0.3 is 0 Å². The van der Waals surface area contributed by atoms with Crippen molar-refractivity contribution in [3.05, 3.63) is 65.1 Å². The number of nitrogens with zero attached hydrogens (tertiary/aromatic N) is 3.